The summed E-state index contributed by atoms with van der Waals surface area (Å²) in [4.78, 5) is 24.0. The largest absolute Gasteiger partial charge is 0.370 e. The van der Waals surface area contributed by atoms with Crippen LogP contribution in [0.1, 0.15) is 6.42 Å². The molecule has 0 aliphatic carbocycles. The second-order valence-corrected chi connectivity index (χ2v) is 5.98. The Morgan fingerprint density at radius 1 is 1.11 bits per heavy atom. The monoisotopic (exact) mass is 384 g/mol. The fraction of sp³-hybridized carbons (Fsp3) is 0.111. The Morgan fingerprint density at radius 2 is 1.96 bits per heavy atom. The molecule has 138 valence electrons. The van der Waals surface area contributed by atoms with E-state index in [-0.39, 0.29) is 6.42 Å². The SMILES string of the molecule is O=C(CCNc1cc(-c2ccnc(Nc3cccc(Cl)c3)n2)ccn1)NO. The molecular formula is C18H17ClN6O2. The van der Waals surface area contributed by atoms with Crippen molar-refractivity contribution in [1.29, 1.82) is 0 Å². The lowest BCUT2D eigenvalue weighted by Crippen LogP contribution is -2.21. The zero-order valence-electron chi connectivity index (χ0n) is 14.2. The Bertz CT molecular complexity index is 937. The average Bonchev–Trinajstić information content (AvgIpc) is 2.68. The van der Waals surface area contributed by atoms with Gasteiger partial charge in [0.05, 0.1) is 5.69 Å². The third-order valence-corrected chi connectivity index (χ3v) is 3.81. The molecule has 1 aromatic carbocycles. The molecule has 0 radical (unpaired) electrons. The van der Waals surface area contributed by atoms with E-state index >= 15 is 0 Å². The standard InChI is InChI=1S/C18H17ClN6O2/c19-13-2-1-3-14(11-13)23-18-22-8-5-15(24-18)12-4-7-20-16(10-12)21-9-6-17(26)25-27/h1-5,7-8,10-11,27H,6,9H2,(H,20,21)(H,25,26)(H,22,23,24). The third-order valence-electron chi connectivity index (χ3n) is 3.57. The van der Waals surface area contributed by atoms with Gasteiger partial charge in [-0.3, -0.25) is 10.0 Å². The minimum Gasteiger partial charge on any atom is -0.370 e. The molecule has 3 aromatic rings. The van der Waals surface area contributed by atoms with Gasteiger partial charge in [-0.2, -0.15) is 0 Å². The smallest absolute Gasteiger partial charge is 0.245 e. The van der Waals surface area contributed by atoms with Crippen molar-refractivity contribution >= 4 is 35.0 Å². The Kier molecular flexibility index (Phi) is 6.14. The zero-order chi connectivity index (χ0) is 19.1. The van der Waals surface area contributed by atoms with Crippen LogP contribution in [0.4, 0.5) is 17.5 Å². The van der Waals surface area contributed by atoms with Crippen LogP contribution in [-0.2, 0) is 4.79 Å². The molecule has 0 bridgehead atoms. The van der Waals surface area contributed by atoms with Crippen LogP contribution in [-0.4, -0.2) is 32.6 Å². The maximum atomic E-state index is 11.0. The molecule has 27 heavy (non-hydrogen) atoms. The van der Waals surface area contributed by atoms with Crippen molar-refractivity contribution in [3.63, 3.8) is 0 Å². The van der Waals surface area contributed by atoms with E-state index in [0.717, 1.165) is 11.3 Å². The second-order valence-electron chi connectivity index (χ2n) is 5.54. The van der Waals surface area contributed by atoms with Gasteiger partial charge in [0, 0.05) is 41.6 Å². The van der Waals surface area contributed by atoms with E-state index in [1.165, 1.54) is 0 Å². The fourth-order valence-electron chi connectivity index (χ4n) is 2.32. The summed E-state index contributed by atoms with van der Waals surface area (Å²) in [5, 5.41) is 15.3. The molecule has 0 unspecified atom stereocenters. The number of halogens is 1. The molecule has 0 spiro atoms. The predicted molar refractivity (Wildman–Crippen MR) is 103 cm³/mol. The number of amides is 1. The summed E-state index contributed by atoms with van der Waals surface area (Å²) in [6, 6.07) is 12.7. The Labute approximate surface area is 160 Å². The molecule has 8 nitrogen and oxygen atoms in total. The summed E-state index contributed by atoms with van der Waals surface area (Å²) in [5.74, 6) is 0.577. The lowest BCUT2D eigenvalue weighted by molar-refractivity contribution is -0.128. The first-order chi connectivity index (χ1) is 13.1. The summed E-state index contributed by atoms with van der Waals surface area (Å²) in [6.07, 6.45) is 3.44. The topological polar surface area (TPSA) is 112 Å². The van der Waals surface area contributed by atoms with Crippen molar-refractivity contribution in [3.05, 3.63) is 59.9 Å². The van der Waals surface area contributed by atoms with E-state index in [0.29, 0.717) is 29.0 Å². The number of nitrogens with one attached hydrogen (secondary N) is 3. The molecule has 0 fully saturated rings. The minimum atomic E-state index is -0.466. The number of carbonyl (C=O) groups excluding carboxylic acids is 1. The number of anilines is 3. The minimum absolute atomic E-state index is 0.129. The van der Waals surface area contributed by atoms with Crippen LogP contribution in [0.3, 0.4) is 0 Å². The van der Waals surface area contributed by atoms with Crippen LogP contribution in [0, 0.1) is 0 Å². The van der Waals surface area contributed by atoms with Crippen LogP contribution in [0.25, 0.3) is 11.3 Å². The van der Waals surface area contributed by atoms with Crippen molar-refractivity contribution in [2.24, 2.45) is 0 Å². The van der Waals surface area contributed by atoms with Crippen LogP contribution >= 0.6 is 11.6 Å². The Hall–Kier alpha value is -3.23. The van der Waals surface area contributed by atoms with Crippen LogP contribution in [0.15, 0.2) is 54.9 Å². The van der Waals surface area contributed by atoms with Crippen molar-refractivity contribution in [1.82, 2.24) is 20.4 Å². The lowest BCUT2D eigenvalue weighted by atomic mass is 10.2. The van der Waals surface area contributed by atoms with E-state index in [1.807, 2.05) is 24.3 Å². The van der Waals surface area contributed by atoms with Gasteiger partial charge >= 0.3 is 0 Å². The van der Waals surface area contributed by atoms with E-state index in [4.69, 9.17) is 16.8 Å². The highest BCUT2D eigenvalue weighted by molar-refractivity contribution is 6.30. The predicted octanol–water partition coefficient (Wildman–Crippen LogP) is 3.24. The molecule has 0 atom stereocenters. The molecular weight excluding hydrogens is 368 g/mol. The number of nitrogens with zero attached hydrogens (tertiary/aromatic N) is 3. The molecule has 9 heteroatoms. The van der Waals surface area contributed by atoms with Gasteiger partial charge in [-0.1, -0.05) is 17.7 Å². The van der Waals surface area contributed by atoms with Crippen molar-refractivity contribution in [2.45, 2.75) is 6.42 Å². The zero-order valence-corrected chi connectivity index (χ0v) is 14.9. The van der Waals surface area contributed by atoms with Crippen LogP contribution in [0.2, 0.25) is 5.02 Å². The number of rotatable bonds is 7. The van der Waals surface area contributed by atoms with Gasteiger partial charge in [0.25, 0.3) is 0 Å². The number of aromatic nitrogens is 3. The van der Waals surface area contributed by atoms with Gasteiger partial charge in [0.2, 0.25) is 11.9 Å². The lowest BCUT2D eigenvalue weighted by Gasteiger charge is -2.09. The van der Waals surface area contributed by atoms with Gasteiger partial charge in [0.15, 0.2) is 0 Å². The molecule has 2 aromatic heterocycles. The van der Waals surface area contributed by atoms with E-state index in [2.05, 4.69) is 25.6 Å². The normalized spacial score (nSPS) is 10.3. The van der Waals surface area contributed by atoms with Gasteiger partial charge in [-0.15, -0.1) is 0 Å². The second kappa shape index (κ2) is 8.93. The molecule has 4 N–H and O–H groups in total. The molecule has 3 rings (SSSR count). The molecule has 0 aliphatic heterocycles. The average molecular weight is 385 g/mol. The first kappa shape index (κ1) is 18.6. The summed E-state index contributed by atoms with van der Waals surface area (Å²) in [6.45, 7) is 0.341. The van der Waals surface area contributed by atoms with Gasteiger partial charge in [-0.05, 0) is 36.4 Å². The van der Waals surface area contributed by atoms with Gasteiger partial charge in [-0.25, -0.2) is 20.4 Å². The Morgan fingerprint density at radius 3 is 2.78 bits per heavy atom. The number of pyridine rings is 1. The van der Waals surface area contributed by atoms with E-state index < -0.39 is 5.91 Å². The quantitative estimate of drug-likeness (QED) is 0.365. The first-order valence-electron chi connectivity index (χ1n) is 8.13. The van der Waals surface area contributed by atoms with Crippen molar-refractivity contribution < 1.29 is 10.0 Å². The van der Waals surface area contributed by atoms with Crippen LogP contribution in [0.5, 0.6) is 0 Å². The highest BCUT2D eigenvalue weighted by Gasteiger charge is 2.06. The summed E-state index contributed by atoms with van der Waals surface area (Å²) in [5.41, 5.74) is 3.94. The van der Waals surface area contributed by atoms with E-state index in [1.54, 1.807) is 36.1 Å². The van der Waals surface area contributed by atoms with Crippen LogP contribution < -0.4 is 16.1 Å². The first-order valence-corrected chi connectivity index (χ1v) is 8.51. The number of benzene rings is 1. The van der Waals surface area contributed by atoms with Crippen molar-refractivity contribution in [2.75, 3.05) is 17.2 Å². The number of hydroxylamine groups is 1. The molecule has 2 heterocycles. The van der Waals surface area contributed by atoms with Gasteiger partial charge < -0.3 is 10.6 Å². The van der Waals surface area contributed by atoms with Gasteiger partial charge in [0.1, 0.15) is 5.82 Å². The highest BCUT2D eigenvalue weighted by Crippen LogP contribution is 2.22. The molecule has 0 saturated heterocycles. The summed E-state index contributed by atoms with van der Waals surface area (Å²) < 4.78 is 0. The number of hydrogen-bond acceptors (Lipinski definition) is 7. The molecule has 0 aliphatic rings. The maximum absolute atomic E-state index is 11.0. The summed E-state index contributed by atoms with van der Waals surface area (Å²) >= 11 is 5.99. The number of carbonyl (C=O) groups is 1. The van der Waals surface area contributed by atoms with E-state index in [9.17, 15) is 4.79 Å². The third kappa shape index (κ3) is 5.37. The maximum Gasteiger partial charge on any atom is 0.245 e. The molecule has 0 saturated carbocycles. The fourth-order valence-corrected chi connectivity index (χ4v) is 2.51. The Balaban J connectivity index is 1.72. The molecule has 1 amide bonds. The summed E-state index contributed by atoms with van der Waals surface area (Å²) in [7, 11) is 0. The highest BCUT2D eigenvalue weighted by atomic mass is 35.5. The number of hydrogen-bond donors (Lipinski definition) is 4. The van der Waals surface area contributed by atoms with Crippen molar-refractivity contribution in [3.8, 4) is 11.3 Å².